The molecule has 1 fully saturated rings. The zero-order valence-corrected chi connectivity index (χ0v) is 11.0. The van der Waals surface area contributed by atoms with E-state index in [2.05, 4.69) is 20.6 Å². The minimum atomic E-state index is -0.141. The fraction of sp³-hybridized carbons (Fsp3) is 0.583. The maximum Gasteiger partial charge on any atom is 0.242 e. The number of hydrogen-bond donors (Lipinski definition) is 2. The third kappa shape index (κ3) is 2.37. The molecule has 1 unspecified atom stereocenters. The van der Waals surface area contributed by atoms with Crippen molar-refractivity contribution < 1.29 is 4.79 Å². The number of amides is 1. The Labute approximate surface area is 107 Å². The van der Waals surface area contributed by atoms with Gasteiger partial charge in [-0.2, -0.15) is 0 Å². The lowest BCUT2D eigenvalue weighted by molar-refractivity contribution is -0.123. The summed E-state index contributed by atoms with van der Waals surface area (Å²) in [5.41, 5.74) is 0. The maximum absolute atomic E-state index is 11.8. The van der Waals surface area contributed by atoms with Crippen LogP contribution in [0.3, 0.4) is 0 Å². The fourth-order valence-electron chi connectivity index (χ4n) is 2.22. The van der Waals surface area contributed by atoms with Gasteiger partial charge in [-0.15, -0.1) is 0 Å². The molecule has 0 aliphatic carbocycles. The molecular formula is C12H19N5O. The molecule has 1 amide bonds. The van der Waals surface area contributed by atoms with E-state index in [4.69, 9.17) is 0 Å². The number of rotatable bonds is 3. The molecule has 1 aliphatic rings. The highest BCUT2D eigenvalue weighted by Crippen LogP contribution is 2.20. The zero-order chi connectivity index (χ0) is 13.1. The molecule has 2 N–H and O–H groups in total. The number of aromatic nitrogens is 2. The summed E-state index contributed by atoms with van der Waals surface area (Å²) in [7, 11) is 1.83. The van der Waals surface area contributed by atoms with Crippen molar-refractivity contribution in [1.29, 1.82) is 0 Å². The van der Waals surface area contributed by atoms with Crippen molar-refractivity contribution in [3.8, 4) is 0 Å². The third-order valence-electron chi connectivity index (χ3n) is 3.09. The molecule has 18 heavy (non-hydrogen) atoms. The molecule has 2 rings (SSSR count). The summed E-state index contributed by atoms with van der Waals surface area (Å²) in [6.45, 7) is 5.31. The molecule has 2 heterocycles. The Kier molecular flexibility index (Phi) is 3.64. The molecule has 6 heteroatoms. The smallest absolute Gasteiger partial charge is 0.242 e. The molecule has 1 aliphatic heterocycles. The minimum absolute atomic E-state index is 0.0750. The Morgan fingerprint density at radius 1 is 1.56 bits per heavy atom. The third-order valence-corrected chi connectivity index (χ3v) is 3.09. The van der Waals surface area contributed by atoms with E-state index in [1.165, 1.54) is 0 Å². The number of nitrogens with one attached hydrogen (secondary N) is 2. The van der Waals surface area contributed by atoms with Crippen molar-refractivity contribution in [3.05, 3.63) is 11.9 Å². The van der Waals surface area contributed by atoms with Crippen molar-refractivity contribution in [1.82, 2.24) is 15.3 Å². The van der Waals surface area contributed by atoms with Crippen LogP contribution in [0.1, 0.15) is 19.2 Å². The Morgan fingerprint density at radius 2 is 2.33 bits per heavy atom. The topological polar surface area (TPSA) is 70.2 Å². The summed E-state index contributed by atoms with van der Waals surface area (Å²) < 4.78 is 0. The second-order valence-electron chi connectivity index (χ2n) is 4.32. The summed E-state index contributed by atoms with van der Waals surface area (Å²) in [6.07, 6.45) is 0.768. The summed E-state index contributed by atoms with van der Waals surface area (Å²) >= 11 is 0. The first-order chi connectivity index (χ1) is 8.65. The molecule has 1 saturated heterocycles. The van der Waals surface area contributed by atoms with Crippen LogP contribution in [-0.2, 0) is 4.79 Å². The largest absolute Gasteiger partial charge is 0.373 e. The number of carbonyl (C=O) groups is 1. The van der Waals surface area contributed by atoms with E-state index < -0.39 is 0 Å². The van der Waals surface area contributed by atoms with Gasteiger partial charge >= 0.3 is 0 Å². The van der Waals surface area contributed by atoms with Gasteiger partial charge in [-0.25, -0.2) is 9.97 Å². The van der Waals surface area contributed by atoms with Crippen molar-refractivity contribution in [2.45, 2.75) is 26.3 Å². The van der Waals surface area contributed by atoms with Crippen LogP contribution in [0.15, 0.2) is 6.07 Å². The highest BCUT2D eigenvalue weighted by molar-refractivity contribution is 5.86. The van der Waals surface area contributed by atoms with Gasteiger partial charge in [0.1, 0.15) is 23.5 Å². The van der Waals surface area contributed by atoms with Gasteiger partial charge in [0.15, 0.2) is 0 Å². The van der Waals surface area contributed by atoms with Crippen LogP contribution in [0.4, 0.5) is 11.6 Å². The van der Waals surface area contributed by atoms with Gasteiger partial charge in [0, 0.05) is 26.2 Å². The average Bonchev–Trinajstić information content (AvgIpc) is 2.37. The second-order valence-corrected chi connectivity index (χ2v) is 4.32. The molecule has 0 aromatic carbocycles. The van der Waals surface area contributed by atoms with Crippen molar-refractivity contribution in [2.24, 2.45) is 0 Å². The van der Waals surface area contributed by atoms with Crippen molar-refractivity contribution in [2.75, 3.05) is 30.4 Å². The molecule has 1 aromatic heterocycles. The number of anilines is 2. The normalized spacial score (nSPS) is 19.6. The Morgan fingerprint density at radius 3 is 3.00 bits per heavy atom. The monoisotopic (exact) mass is 249 g/mol. The molecule has 0 bridgehead atoms. The van der Waals surface area contributed by atoms with Gasteiger partial charge in [-0.3, -0.25) is 4.79 Å². The van der Waals surface area contributed by atoms with Gasteiger partial charge in [0.2, 0.25) is 5.91 Å². The molecular weight excluding hydrogens is 230 g/mol. The summed E-state index contributed by atoms with van der Waals surface area (Å²) in [6, 6.07) is 1.74. The average molecular weight is 249 g/mol. The lowest BCUT2D eigenvalue weighted by Crippen LogP contribution is -2.55. The van der Waals surface area contributed by atoms with Crippen LogP contribution in [0, 0.1) is 6.92 Å². The fourth-order valence-corrected chi connectivity index (χ4v) is 2.22. The van der Waals surface area contributed by atoms with Crippen LogP contribution in [0.25, 0.3) is 0 Å². The van der Waals surface area contributed by atoms with E-state index in [-0.39, 0.29) is 11.9 Å². The number of aryl methyl sites for hydroxylation is 1. The van der Waals surface area contributed by atoms with Crippen molar-refractivity contribution >= 4 is 17.5 Å². The quantitative estimate of drug-likeness (QED) is 0.818. The van der Waals surface area contributed by atoms with Crippen molar-refractivity contribution in [3.63, 3.8) is 0 Å². The van der Waals surface area contributed by atoms with Crippen LogP contribution in [0.5, 0.6) is 0 Å². The van der Waals surface area contributed by atoms with Gasteiger partial charge in [-0.1, -0.05) is 6.92 Å². The zero-order valence-electron chi connectivity index (χ0n) is 11.0. The molecule has 98 valence electrons. The Bertz CT molecular complexity index is 448. The summed E-state index contributed by atoms with van der Waals surface area (Å²) in [4.78, 5) is 22.6. The molecule has 0 radical (unpaired) electrons. The van der Waals surface area contributed by atoms with E-state index in [1.807, 2.05) is 31.9 Å². The molecule has 0 saturated carbocycles. The van der Waals surface area contributed by atoms with Crippen LogP contribution in [-0.4, -0.2) is 42.1 Å². The highest BCUT2D eigenvalue weighted by atomic mass is 16.2. The van der Waals surface area contributed by atoms with E-state index in [9.17, 15) is 4.79 Å². The van der Waals surface area contributed by atoms with Gasteiger partial charge < -0.3 is 15.5 Å². The predicted molar refractivity (Wildman–Crippen MR) is 70.8 cm³/mol. The van der Waals surface area contributed by atoms with E-state index >= 15 is 0 Å². The van der Waals surface area contributed by atoms with E-state index in [1.54, 1.807) is 0 Å². The molecule has 1 aromatic rings. The first-order valence-electron chi connectivity index (χ1n) is 6.23. The number of carbonyl (C=O) groups excluding carboxylic acids is 1. The van der Waals surface area contributed by atoms with Crippen LogP contribution in [0.2, 0.25) is 0 Å². The molecule has 0 spiro atoms. The van der Waals surface area contributed by atoms with E-state index in [0.717, 1.165) is 24.6 Å². The summed E-state index contributed by atoms with van der Waals surface area (Å²) in [5, 5.41) is 5.90. The minimum Gasteiger partial charge on any atom is -0.373 e. The van der Waals surface area contributed by atoms with Crippen LogP contribution >= 0.6 is 0 Å². The SMILES string of the molecule is CCC1C(=O)NCCN1c1cc(NC)nc(C)n1. The molecule has 6 nitrogen and oxygen atoms in total. The number of nitrogens with zero attached hydrogens (tertiary/aromatic N) is 3. The maximum atomic E-state index is 11.8. The number of hydrogen-bond acceptors (Lipinski definition) is 5. The van der Waals surface area contributed by atoms with Crippen LogP contribution < -0.4 is 15.5 Å². The molecule has 1 atom stereocenters. The second kappa shape index (κ2) is 5.20. The lowest BCUT2D eigenvalue weighted by Gasteiger charge is -2.35. The first kappa shape index (κ1) is 12.6. The van der Waals surface area contributed by atoms with Gasteiger partial charge in [-0.05, 0) is 13.3 Å². The highest BCUT2D eigenvalue weighted by Gasteiger charge is 2.29. The van der Waals surface area contributed by atoms with E-state index in [0.29, 0.717) is 12.4 Å². The van der Waals surface area contributed by atoms with Gasteiger partial charge in [0.25, 0.3) is 0 Å². The number of piperazine rings is 1. The Hall–Kier alpha value is -1.85. The summed E-state index contributed by atoms with van der Waals surface area (Å²) in [5.74, 6) is 2.37. The first-order valence-corrected chi connectivity index (χ1v) is 6.23. The predicted octanol–water partition coefficient (Wildman–Crippen LogP) is 0.542. The van der Waals surface area contributed by atoms with Gasteiger partial charge in [0.05, 0.1) is 0 Å². The Balaban J connectivity index is 2.34. The standard InChI is InChI=1S/C12H19N5O/c1-4-9-12(18)14-5-6-17(9)11-7-10(13-3)15-8(2)16-11/h7,9H,4-6H2,1-3H3,(H,14,18)(H,13,15,16). The lowest BCUT2D eigenvalue weighted by atomic mass is 10.1.